The summed E-state index contributed by atoms with van der Waals surface area (Å²) in [4.78, 5) is 28.0. The van der Waals surface area contributed by atoms with E-state index >= 15 is 0 Å². The van der Waals surface area contributed by atoms with Crippen LogP contribution in [0.2, 0.25) is 0 Å². The third-order valence-corrected chi connectivity index (χ3v) is 4.95. The Bertz CT molecular complexity index is 649. The molecule has 0 bridgehead atoms. The van der Waals surface area contributed by atoms with Crippen LogP contribution in [-0.4, -0.2) is 74.0 Å². The van der Waals surface area contributed by atoms with Crippen molar-refractivity contribution in [3.8, 4) is 0 Å². The molecule has 25 heavy (non-hydrogen) atoms. The van der Waals surface area contributed by atoms with Gasteiger partial charge in [0.2, 0.25) is 0 Å². The lowest BCUT2D eigenvalue weighted by Crippen LogP contribution is -2.47. The first-order valence-electron chi connectivity index (χ1n) is 8.53. The molecule has 0 saturated carbocycles. The minimum atomic E-state index is -0.645. The van der Waals surface area contributed by atoms with E-state index in [9.17, 15) is 9.59 Å². The number of ether oxygens (including phenoxy) is 2. The van der Waals surface area contributed by atoms with Gasteiger partial charge in [-0.15, -0.1) is 10.2 Å². The van der Waals surface area contributed by atoms with Crippen LogP contribution in [0.5, 0.6) is 0 Å². The molecule has 3 rings (SSSR count). The lowest BCUT2D eigenvalue weighted by Gasteiger charge is -2.35. The highest BCUT2D eigenvalue weighted by atomic mass is 16.5. The van der Waals surface area contributed by atoms with Crippen LogP contribution in [0.4, 0.5) is 5.82 Å². The number of anilines is 1. The van der Waals surface area contributed by atoms with Gasteiger partial charge in [-0.1, -0.05) is 0 Å². The van der Waals surface area contributed by atoms with E-state index in [0.29, 0.717) is 44.4 Å². The molecule has 3 heterocycles. The van der Waals surface area contributed by atoms with E-state index in [2.05, 4.69) is 10.2 Å². The normalized spacial score (nSPS) is 25.4. The number of esters is 1. The highest BCUT2D eigenvalue weighted by molar-refractivity contribution is 5.91. The second-order valence-electron chi connectivity index (χ2n) is 6.77. The first kappa shape index (κ1) is 17.6. The Balaban J connectivity index is 1.80. The van der Waals surface area contributed by atoms with Gasteiger partial charge in [0.25, 0.3) is 5.91 Å². The van der Waals surface area contributed by atoms with Crippen LogP contribution in [-0.2, 0) is 14.3 Å². The van der Waals surface area contributed by atoms with E-state index in [-0.39, 0.29) is 17.8 Å². The monoisotopic (exact) mass is 348 g/mol. The second-order valence-corrected chi connectivity index (χ2v) is 6.77. The van der Waals surface area contributed by atoms with Gasteiger partial charge in [0.15, 0.2) is 11.5 Å². The molecular weight excluding hydrogens is 324 g/mol. The summed E-state index contributed by atoms with van der Waals surface area (Å²) in [6.45, 7) is 4.39. The molecule has 1 amide bonds. The van der Waals surface area contributed by atoms with E-state index in [0.717, 1.165) is 6.42 Å². The molecule has 8 heteroatoms. The number of fused-ring (bicyclic) bond motifs is 1. The fraction of sp³-hybridized carbons (Fsp3) is 0.647. The van der Waals surface area contributed by atoms with Crippen LogP contribution < -0.4 is 4.90 Å². The van der Waals surface area contributed by atoms with Crippen molar-refractivity contribution in [3.63, 3.8) is 0 Å². The molecule has 8 nitrogen and oxygen atoms in total. The minimum Gasteiger partial charge on any atom is -0.465 e. The van der Waals surface area contributed by atoms with Crippen molar-refractivity contribution in [1.29, 1.82) is 0 Å². The first-order chi connectivity index (χ1) is 12.0. The van der Waals surface area contributed by atoms with Gasteiger partial charge in [-0.25, -0.2) is 0 Å². The maximum Gasteiger partial charge on any atom is 0.316 e. The highest BCUT2D eigenvalue weighted by Crippen LogP contribution is 2.43. The van der Waals surface area contributed by atoms with E-state index < -0.39 is 5.41 Å². The molecule has 1 aromatic rings. The molecule has 136 valence electrons. The van der Waals surface area contributed by atoms with Gasteiger partial charge in [0.1, 0.15) is 5.41 Å². The van der Waals surface area contributed by atoms with Crippen molar-refractivity contribution < 1.29 is 19.1 Å². The maximum absolute atomic E-state index is 12.6. The third-order valence-electron chi connectivity index (χ3n) is 4.95. The summed E-state index contributed by atoms with van der Waals surface area (Å²) in [6, 6.07) is 3.45. The Kier molecular flexibility index (Phi) is 4.89. The Morgan fingerprint density at radius 1 is 1.40 bits per heavy atom. The van der Waals surface area contributed by atoms with Crippen LogP contribution in [0, 0.1) is 11.3 Å². The van der Waals surface area contributed by atoms with E-state index in [1.807, 2.05) is 11.8 Å². The van der Waals surface area contributed by atoms with Crippen molar-refractivity contribution >= 4 is 17.7 Å². The smallest absolute Gasteiger partial charge is 0.316 e. The van der Waals surface area contributed by atoms with Gasteiger partial charge < -0.3 is 19.3 Å². The highest BCUT2D eigenvalue weighted by Gasteiger charge is 2.55. The van der Waals surface area contributed by atoms with Gasteiger partial charge in [0, 0.05) is 33.8 Å². The minimum absolute atomic E-state index is 0.171. The lowest BCUT2D eigenvalue weighted by molar-refractivity contribution is -0.165. The Hall–Kier alpha value is -2.22. The van der Waals surface area contributed by atoms with Crippen molar-refractivity contribution in [2.24, 2.45) is 11.3 Å². The molecular formula is C17H24N4O4. The summed E-state index contributed by atoms with van der Waals surface area (Å²) in [5.41, 5.74) is -0.345. The van der Waals surface area contributed by atoms with Gasteiger partial charge in [0.05, 0.1) is 13.2 Å². The zero-order valence-corrected chi connectivity index (χ0v) is 14.9. The van der Waals surface area contributed by atoms with Gasteiger partial charge in [-0.2, -0.15) is 0 Å². The number of carbonyl (C=O) groups is 2. The quantitative estimate of drug-likeness (QED) is 0.736. The van der Waals surface area contributed by atoms with Crippen LogP contribution in [0.25, 0.3) is 0 Å². The average molecular weight is 348 g/mol. The Morgan fingerprint density at radius 2 is 2.20 bits per heavy atom. The van der Waals surface area contributed by atoms with Crippen molar-refractivity contribution in [1.82, 2.24) is 15.1 Å². The van der Waals surface area contributed by atoms with Gasteiger partial charge in [-0.3, -0.25) is 9.59 Å². The molecule has 0 radical (unpaired) electrons. The number of aromatic nitrogens is 2. The number of rotatable bonds is 4. The second kappa shape index (κ2) is 6.95. The lowest BCUT2D eigenvalue weighted by atomic mass is 9.75. The molecule has 0 unspecified atom stereocenters. The number of amides is 1. The van der Waals surface area contributed by atoms with Crippen LogP contribution in [0.3, 0.4) is 0 Å². The van der Waals surface area contributed by atoms with Gasteiger partial charge >= 0.3 is 5.97 Å². The molecule has 1 aromatic heterocycles. The van der Waals surface area contributed by atoms with E-state index in [4.69, 9.17) is 9.47 Å². The molecule has 2 fully saturated rings. The summed E-state index contributed by atoms with van der Waals surface area (Å²) in [5.74, 6) is 0.443. The zero-order valence-electron chi connectivity index (χ0n) is 14.9. The first-order valence-corrected chi connectivity index (χ1v) is 8.53. The van der Waals surface area contributed by atoms with Crippen molar-refractivity contribution in [2.45, 2.75) is 13.3 Å². The SMILES string of the molecule is CCOC(=O)[C@]12COCC[C@H]1CN(c1ccc(C(=O)N(C)C)nn1)C2. The molecule has 2 atom stereocenters. The Labute approximate surface area is 147 Å². The van der Waals surface area contributed by atoms with Crippen LogP contribution in [0.15, 0.2) is 12.1 Å². The summed E-state index contributed by atoms with van der Waals surface area (Å²) in [6.07, 6.45) is 0.819. The molecule has 2 saturated heterocycles. The van der Waals surface area contributed by atoms with E-state index in [1.165, 1.54) is 4.90 Å². The number of nitrogens with zero attached hydrogens (tertiary/aromatic N) is 4. The standard InChI is InChI=1S/C17H24N4O4/c1-4-25-16(23)17-10-21(9-12(17)7-8-24-11-17)14-6-5-13(18-19-14)15(22)20(2)3/h5-6,12H,4,7-11H2,1-3H3/t12-,17+/m0/s1. The molecule has 0 spiro atoms. The summed E-state index contributed by atoms with van der Waals surface area (Å²) >= 11 is 0. The predicted octanol–water partition coefficient (Wildman–Crippen LogP) is 0.584. The zero-order chi connectivity index (χ0) is 18.0. The topological polar surface area (TPSA) is 84.9 Å². The summed E-state index contributed by atoms with van der Waals surface area (Å²) < 4.78 is 10.9. The fourth-order valence-corrected chi connectivity index (χ4v) is 3.56. The summed E-state index contributed by atoms with van der Waals surface area (Å²) in [5, 5.41) is 8.23. The number of hydrogen-bond donors (Lipinski definition) is 0. The molecule has 2 aliphatic heterocycles. The molecule has 0 N–H and O–H groups in total. The molecule has 2 aliphatic rings. The van der Waals surface area contributed by atoms with Gasteiger partial charge in [-0.05, 0) is 31.4 Å². The van der Waals surface area contributed by atoms with Crippen molar-refractivity contribution in [2.75, 3.05) is 51.9 Å². The summed E-state index contributed by atoms with van der Waals surface area (Å²) in [7, 11) is 3.35. The number of hydrogen-bond acceptors (Lipinski definition) is 7. The average Bonchev–Trinajstić information content (AvgIpc) is 3.02. The maximum atomic E-state index is 12.6. The van der Waals surface area contributed by atoms with Crippen molar-refractivity contribution in [3.05, 3.63) is 17.8 Å². The molecule has 0 aromatic carbocycles. The molecule has 0 aliphatic carbocycles. The Morgan fingerprint density at radius 3 is 2.84 bits per heavy atom. The third kappa shape index (κ3) is 3.18. The van der Waals surface area contributed by atoms with Crippen LogP contribution in [0.1, 0.15) is 23.8 Å². The number of carbonyl (C=O) groups excluding carboxylic acids is 2. The van der Waals surface area contributed by atoms with E-state index in [1.54, 1.807) is 26.2 Å². The fourth-order valence-electron chi connectivity index (χ4n) is 3.56. The predicted molar refractivity (Wildman–Crippen MR) is 90.3 cm³/mol. The van der Waals surface area contributed by atoms with Crippen LogP contribution >= 0.6 is 0 Å². The largest absolute Gasteiger partial charge is 0.465 e.